The second kappa shape index (κ2) is 6.43. The summed E-state index contributed by atoms with van der Waals surface area (Å²) in [5.74, 6) is 0.867. The van der Waals surface area contributed by atoms with E-state index in [-0.39, 0.29) is 18.2 Å². The zero-order valence-electron chi connectivity index (χ0n) is 12.2. The molecule has 0 radical (unpaired) electrons. The van der Waals surface area contributed by atoms with E-state index in [0.29, 0.717) is 13.2 Å². The van der Waals surface area contributed by atoms with Crippen LogP contribution >= 0.6 is 0 Å². The number of nitrogens with two attached hydrogens (primary N) is 1. The fourth-order valence-corrected chi connectivity index (χ4v) is 2.65. The van der Waals surface area contributed by atoms with E-state index in [4.69, 9.17) is 19.9 Å². The monoisotopic (exact) mass is 287 g/mol. The van der Waals surface area contributed by atoms with E-state index in [2.05, 4.69) is 24.3 Å². The first-order chi connectivity index (χ1) is 10.3. The molecule has 1 aliphatic rings. The van der Waals surface area contributed by atoms with Crippen molar-refractivity contribution in [3.63, 3.8) is 0 Å². The molecule has 21 heavy (non-hydrogen) atoms. The van der Waals surface area contributed by atoms with Crippen LogP contribution in [0.15, 0.2) is 42.5 Å². The lowest BCUT2D eigenvalue weighted by Gasteiger charge is -2.41. The van der Waals surface area contributed by atoms with Crippen LogP contribution in [0.2, 0.25) is 0 Å². The Labute approximate surface area is 124 Å². The van der Waals surface area contributed by atoms with Crippen molar-refractivity contribution >= 4 is 10.8 Å². The van der Waals surface area contributed by atoms with Gasteiger partial charge in [0, 0.05) is 19.6 Å². The molecule has 0 aliphatic heterocycles. The lowest BCUT2D eigenvalue weighted by Crippen LogP contribution is -2.59. The van der Waals surface area contributed by atoms with Gasteiger partial charge in [-0.3, -0.25) is 0 Å². The van der Waals surface area contributed by atoms with E-state index < -0.39 is 0 Å². The summed E-state index contributed by atoms with van der Waals surface area (Å²) in [5, 5.41) is 2.39. The molecule has 0 spiro atoms. The van der Waals surface area contributed by atoms with Crippen molar-refractivity contribution in [2.75, 3.05) is 20.3 Å². The summed E-state index contributed by atoms with van der Waals surface area (Å²) in [4.78, 5) is 0. The van der Waals surface area contributed by atoms with Crippen molar-refractivity contribution < 1.29 is 14.2 Å². The Balaban J connectivity index is 1.64. The largest absolute Gasteiger partial charge is 0.488 e. The third-order valence-electron chi connectivity index (χ3n) is 3.90. The number of hydrogen-bond donors (Lipinski definition) is 1. The van der Waals surface area contributed by atoms with Crippen LogP contribution in [-0.2, 0) is 9.47 Å². The lowest BCUT2D eigenvalue weighted by atomic mass is 9.86. The van der Waals surface area contributed by atoms with Gasteiger partial charge in [-0.2, -0.15) is 0 Å². The van der Waals surface area contributed by atoms with Gasteiger partial charge in [0.1, 0.15) is 18.0 Å². The first-order valence-corrected chi connectivity index (χ1v) is 7.29. The third kappa shape index (κ3) is 3.18. The van der Waals surface area contributed by atoms with Crippen molar-refractivity contribution in [3.8, 4) is 5.75 Å². The quantitative estimate of drug-likeness (QED) is 0.829. The van der Waals surface area contributed by atoms with Crippen LogP contribution in [0.5, 0.6) is 5.75 Å². The maximum absolute atomic E-state index is 6.03. The molecule has 0 amide bonds. The molecule has 0 heterocycles. The average Bonchev–Trinajstić information content (AvgIpc) is 2.51. The van der Waals surface area contributed by atoms with E-state index in [1.807, 2.05) is 18.2 Å². The number of rotatable bonds is 6. The van der Waals surface area contributed by atoms with E-state index in [1.165, 1.54) is 10.8 Å². The van der Waals surface area contributed by atoms with Crippen molar-refractivity contribution in [1.82, 2.24) is 0 Å². The predicted molar refractivity (Wildman–Crippen MR) is 82.6 cm³/mol. The Bertz CT molecular complexity index is 601. The average molecular weight is 287 g/mol. The number of ether oxygens (including phenoxy) is 3. The minimum atomic E-state index is -0.0494. The van der Waals surface area contributed by atoms with Crippen LogP contribution in [0.3, 0.4) is 0 Å². The molecule has 2 N–H and O–H groups in total. The molecule has 0 aromatic heterocycles. The Hall–Kier alpha value is -1.62. The summed E-state index contributed by atoms with van der Waals surface area (Å²) >= 11 is 0. The van der Waals surface area contributed by atoms with Crippen molar-refractivity contribution in [1.29, 1.82) is 0 Å². The summed E-state index contributed by atoms with van der Waals surface area (Å²) in [6.07, 6.45) is 0.800. The first kappa shape index (κ1) is 14.3. The molecular weight excluding hydrogens is 266 g/mol. The van der Waals surface area contributed by atoms with Crippen LogP contribution < -0.4 is 10.5 Å². The van der Waals surface area contributed by atoms with Gasteiger partial charge in [0.25, 0.3) is 0 Å². The van der Waals surface area contributed by atoms with Crippen LogP contribution in [0.1, 0.15) is 6.42 Å². The van der Waals surface area contributed by atoms with Gasteiger partial charge in [-0.05, 0) is 22.9 Å². The van der Waals surface area contributed by atoms with Gasteiger partial charge >= 0.3 is 0 Å². The predicted octanol–water partition coefficient (Wildman–Crippen LogP) is 2.35. The zero-order chi connectivity index (χ0) is 14.7. The summed E-state index contributed by atoms with van der Waals surface area (Å²) in [5.41, 5.74) is 5.99. The molecule has 0 saturated heterocycles. The van der Waals surface area contributed by atoms with Gasteiger partial charge in [-0.15, -0.1) is 0 Å². The first-order valence-electron chi connectivity index (χ1n) is 7.29. The van der Waals surface area contributed by atoms with Gasteiger partial charge in [-0.25, -0.2) is 0 Å². The molecule has 112 valence electrons. The van der Waals surface area contributed by atoms with Gasteiger partial charge in [0.2, 0.25) is 0 Å². The summed E-state index contributed by atoms with van der Waals surface area (Å²) in [7, 11) is 1.66. The van der Waals surface area contributed by atoms with Crippen LogP contribution in [0.25, 0.3) is 10.8 Å². The SMILES string of the molecule is COCCOC1C(N)CC1Oc1ccc2ccccc2c1. The minimum absolute atomic E-state index is 0.0259. The van der Waals surface area contributed by atoms with E-state index >= 15 is 0 Å². The molecule has 3 atom stereocenters. The van der Waals surface area contributed by atoms with Crippen molar-refractivity contribution in [2.45, 2.75) is 24.7 Å². The maximum Gasteiger partial charge on any atom is 0.128 e. The highest BCUT2D eigenvalue weighted by Gasteiger charge is 2.41. The maximum atomic E-state index is 6.03. The van der Waals surface area contributed by atoms with Gasteiger partial charge in [0.05, 0.1) is 13.2 Å². The molecule has 2 aromatic carbocycles. The van der Waals surface area contributed by atoms with Crippen LogP contribution in [0, 0.1) is 0 Å². The fraction of sp³-hybridized carbons (Fsp3) is 0.412. The molecule has 1 fully saturated rings. The summed E-state index contributed by atoms with van der Waals surface area (Å²) in [6, 6.07) is 14.4. The molecule has 4 nitrogen and oxygen atoms in total. The second-order valence-corrected chi connectivity index (χ2v) is 5.39. The number of fused-ring (bicyclic) bond motifs is 1. The van der Waals surface area contributed by atoms with E-state index in [9.17, 15) is 0 Å². The number of hydrogen-bond acceptors (Lipinski definition) is 4. The molecular formula is C17H21NO3. The highest BCUT2D eigenvalue weighted by molar-refractivity contribution is 5.83. The third-order valence-corrected chi connectivity index (χ3v) is 3.90. The molecule has 4 heteroatoms. The minimum Gasteiger partial charge on any atom is -0.488 e. The van der Waals surface area contributed by atoms with Gasteiger partial charge in [-0.1, -0.05) is 30.3 Å². The van der Waals surface area contributed by atoms with Crippen LogP contribution in [0.4, 0.5) is 0 Å². The molecule has 1 saturated carbocycles. The van der Waals surface area contributed by atoms with E-state index in [0.717, 1.165) is 12.2 Å². The molecule has 2 aromatic rings. The Morgan fingerprint density at radius 3 is 2.67 bits per heavy atom. The molecule has 0 bridgehead atoms. The lowest BCUT2D eigenvalue weighted by molar-refractivity contribution is -0.107. The van der Waals surface area contributed by atoms with Gasteiger partial charge in [0.15, 0.2) is 0 Å². The summed E-state index contributed by atoms with van der Waals surface area (Å²) < 4.78 is 16.7. The standard InChI is InChI=1S/C17H21NO3/c1-19-8-9-20-17-15(18)11-16(17)21-14-7-6-12-4-2-3-5-13(12)10-14/h2-7,10,15-17H,8-9,11,18H2,1H3. The second-order valence-electron chi connectivity index (χ2n) is 5.39. The number of methoxy groups -OCH3 is 1. The highest BCUT2D eigenvalue weighted by Crippen LogP contribution is 2.29. The van der Waals surface area contributed by atoms with Gasteiger partial charge < -0.3 is 19.9 Å². The Kier molecular flexibility index (Phi) is 4.39. The summed E-state index contributed by atoms with van der Waals surface area (Å²) in [6.45, 7) is 1.12. The number of benzene rings is 2. The Morgan fingerprint density at radius 2 is 1.90 bits per heavy atom. The smallest absolute Gasteiger partial charge is 0.128 e. The van der Waals surface area contributed by atoms with Crippen LogP contribution in [-0.4, -0.2) is 38.6 Å². The molecule has 3 rings (SSSR count). The van der Waals surface area contributed by atoms with E-state index in [1.54, 1.807) is 7.11 Å². The molecule has 3 unspecified atom stereocenters. The zero-order valence-corrected chi connectivity index (χ0v) is 12.2. The normalized spacial score (nSPS) is 24.8. The molecule has 1 aliphatic carbocycles. The topological polar surface area (TPSA) is 53.7 Å². The van der Waals surface area contributed by atoms with Crippen molar-refractivity contribution in [3.05, 3.63) is 42.5 Å². The highest BCUT2D eigenvalue weighted by atomic mass is 16.6. The van der Waals surface area contributed by atoms with Crippen molar-refractivity contribution in [2.24, 2.45) is 5.73 Å². The Morgan fingerprint density at radius 1 is 1.10 bits per heavy atom. The fourth-order valence-electron chi connectivity index (χ4n) is 2.65.